The fourth-order valence-electron chi connectivity index (χ4n) is 3.12. The third-order valence-corrected chi connectivity index (χ3v) is 5.41. The molecule has 7 heteroatoms. The Kier molecular flexibility index (Phi) is 6.47. The lowest BCUT2D eigenvalue weighted by atomic mass is 10.1. The number of fused-ring (bicyclic) bond motifs is 1. The summed E-state index contributed by atoms with van der Waals surface area (Å²) in [6.07, 6.45) is 1.47. The van der Waals surface area contributed by atoms with Crippen LogP contribution in [0.3, 0.4) is 0 Å². The lowest BCUT2D eigenvalue weighted by molar-refractivity contribution is 0.0952. The van der Waals surface area contributed by atoms with Gasteiger partial charge >= 0.3 is 0 Å². The molecule has 4 rings (SSSR count). The van der Waals surface area contributed by atoms with Gasteiger partial charge in [-0.25, -0.2) is 9.82 Å². The van der Waals surface area contributed by atoms with Crippen molar-refractivity contribution in [1.29, 1.82) is 0 Å². The fraction of sp³-hybridized carbons (Fsp3) is 0.0400. The Hall–Kier alpha value is -3.71. The van der Waals surface area contributed by atoms with Crippen LogP contribution in [0.4, 0.5) is 4.39 Å². The fourth-order valence-corrected chi connectivity index (χ4v) is 3.63. The summed E-state index contributed by atoms with van der Waals surface area (Å²) in [5, 5.41) is 15.8. The first-order valence-electron chi connectivity index (χ1n) is 9.72. The summed E-state index contributed by atoms with van der Waals surface area (Å²) in [6.45, 7) is 0.101. The summed E-state index contributed by atoms with van der Waals surface area (Å²) in [5.74, 6) is -0.403. The molecular formula is C25H18BrFN2O3. The van der Waals surface area contributed by atoms with Crippen LogP contribution in [0.25, 0.3) is 10.8 Å². The topological polar surface area (TPSA) is 70.9 Å². The number of nitrogens with zero attached hydrogens (tertiary/aromatic N) is 1. The van der Waals surface area contributed by atoms with E-state index in [1.807, 2.05) is 24.3 Å². The molecule has 0 bridgehead atoms. The molecule has 4 aromatic carbocycles. The van der Waals surface area contributed by atoms with Crippen molar-refractivity contribution in [3.8, 4) is 11.5 Å². The van der Waals surface area contributed by atoms with Crippen molar-refractivity contribution in [2.24, 2.45) is 5.10 Å². The average Bonchev–Trinajstić information content (AvgIpc) is 2.79. The Morgan fingerprint density at radius 1 is 1.03 bits per heavy atom. The molecule has 0 spiro atoms. The molecule has 0 radical (unpaired) electrons. The minimum Gasteiger partial charge on any atom is -0.507 e. The van der Waals surface area contributed by atoms with Crippen LogP contribution in [0, 0.1) is 5.82 Å². The number of halogens is 2. The second kappa shape index (κ2) is 9.62. The van der Waals surface area contributed by atoms with E-state index in [1.54, 1.807) is 48.5 Å². The van der Waals surface area contributed by atoms with E-state index in [-0.39, 0.29) is 23.7 Å². The second-order valence-corrected chi connectivity index (χ2v) is 7.84. The highest BCUT2D eigenvalue weighted by Gasteiger charge is 2.12. The van der Waals surface area contributed by atoms with E-state index < -0.39 is 5.91 Å². The molecule has 32 heavy (non-hydrogen) atoms. The van der Waals surface area contributed by atoms with Crippen LogP contribution in [-0.2, 0) is 6.61 Å². The van der Waals surface area contributed by atoms with Crippen LogP contribution < -0.4 is 10.2 Å². The van der Waals surface area contributed by atoms with Crippen LogP contribution in [0.5, 0.6) is 11.5 Å². The Bertz CT molecular complexity index is 1320. The number of carbonyl (C=O) groups excluding carboxylic acids is 1. The average molecular weight is 493 g/mol. The van der Waals surface area contributed by atoms with Crippen molar-refractivity contribution < 1.29 is 19.0 Å². The van der Waals surface area contributed by atoms with E-state index in [0.29, 0.717) is 21.3 Å². The maximum atomic E-state index is 13.7. The van der Waals surface area contributed by atoms with Crippen LogP contribution in [0.1, 0.15) is 21.5 Å². The number of aromatic hydroxyl groups is 1. The number of rotatable bonds is 6. The third-order valence-electron chi connectivity index (χ3n) is 4.79. The van der Waals surface area contributed by atoms with Gasteiger partial charge in [0.2, 0.25) is 0 Å². The van der Waals surface area contributed by atoms with Gasteiger partial charge in [-0.05, 0) is 68.7 Å². The molecule has 0 saturated carbocycles. The number of hydrogen-bond donors (Lipinski definition) is 2. The second-order valence-electron chi connectivity index (χ2n) is 6.99. The quantitative estimate of drug-likeness (QED) is 0.264. The van der Waals surface area contributed by atoms with Gasteiger partial charge in [-0.3, -0.25) is 4.79 Å². The molecule has 0 aliphatic heterocycles. The molecule has 0 aliphatic rings. The highest BCUT2D eigenvalue weighted by Crippen LogP contribution is 2.27. The first kappa shape index (κ1) is 21.5. The van der Waals surface area contributed by atoms with Gasteiger partial charge in [-0.15, -0.1) is 0 Å². The van der Waals surface area contributed by atoms with Crippen LogP contribution >= 0.6 is 15.9 Å². The molecule has 0 atom stereocenters. The summed E-state index contributed by atoms with van der Waals surface area (Å²) in [4.78, 5) is 12.4. The summed E-state index contributed by atoms with van der Waals surface area (Å²) in [7, 11) is 0. The molecule has 0 fully saturated rings. The van der Waals surface area contributed by atoms with Crippen LogP contribution in [-0.4, -0.2) is 17.2 Å². The highest BCUT2D eigenvalue weighted by atomic mass is 79.9. The molecule has 5 nitrogen and oxygen atoms in total. The van der Waals surface area contributed by atoms with Crippen molar-refractivity contribution in [3.63, 3.8) is 0 Å². The number of nitrogens with one attached hydrogen (secondary N) is 1. The Labute approximate surface area is 192 Å². The Morgan fingerprint density at radius 3 is 2.50 bits per heavy atom. The van der Waals surface area contributed by atoms with Crippen molar-refractivity contribution in [1.82, 2.24) is 5.43 Å². The SMILES string of the molecule is O=C(NN=Cc1ccc(OCc2ccccc2F)c(Br)c1)c1cc2ccccc2cc1O. The summed E-state index contributed by atoms with van der Waals surface area (Å²) >= 11 is 3.43. The third kappa shape index (κ3) is 4.95. The predicted molar refractivity (Wildman–Crippen MR) is 126 cm³/mol. The minimum absolute atomic E-state index is 0.101. The first-order valence-corrected chi connectivity index (χ1v) is 10.5. The lowest BCUT2D eigenvalue weighted by Crippen LogP contribution is -2.17. The zero-order chi connectivity index (χ0) is 22.5. The van der Waals surface area contributed by atoms with Gasteiger partial charge in [0, 0.05) is 5.56 Å². The molecule has 1 amide bonds. The molecule has 2 N–H and O–H groups in total. The minimum atomic E-state index is -0.520. The summed E-state index contributed by atoms with van der Waals surface area (Å²) < 4.78 is 20.1. The zero-order valence-electron chi connectivity index (χ0n) is 16.8. The summed E-state index contributed by atoms with van der Waals surface area (Å²) in [6, 6.07) is 22.3. The van der Waals surface area contributed by atoms with E-state index in [9.17, 15) is 14.3 Å². The maximum absolute atomic E-state index is 13.7. The molecule has 4 aromatic rings. The Morgan fingerprint density at radius 2 is 1.75 bits per heavy atom. The molecule has 0 unspecified atom stereocenters. The summed E-state index contributed by atoms with van der Waals surface area (Å²) in [5.41, 5.74) is 3.73. The van der Waals surface area contributed by atoms with Gasteiger partial charge in [-0.2, -0.15) is 5.10 Å². The van der Waals surface area contributed by atoms with Crippen molar-refractivity contribution in [2.75, 3.05) is 0 Å². The number of hydrogen-bond acceptors (Lipinski definition) is 4. The zero-order valence-corrected chi connectivity index (χ0v) is 18.3. The maximum Gasteiger partial charge on any atom is 0.275 e. The van der Waals surface area contributed by atoms with Gasteiger partial charge in [0.1, 0.15) is 23.9 Å². The van der Waals surface area contributed by atoms with E-state index in [0.717, 1.165) is 10.8 Å². The molecular weight excluding hydrogens is 475 g/mol. The lowest BCUT2D eigenvalue weighted by Gasteiger charge is -2.09. The molecule has 0 saturated heterocycles. The molecule has 160 valence electrons. The highest BCUT2D eigenvalue weighted by molar-refractivity contribution is 9.10. The number of ether oxygens (including phenoxy) is 1. The number of hydrazone groups is 1. The Balaban J connectivity index is 1.40. The first-order chi connectivity index (χ1) is 15.5. The normalized spacial score (nSPS) is 11.1. The number of benzene rings is 4. The number of carbonyl (C=O) groups is 1. The van der Waals surface area contributed by atoms with Gasteiger partial charge in [0.15, 0.2) is 0 Å². The van der Waals surface area contributed by atoms with Gasteiger partial charge < -0.3 is 9.84 Å². The number of phenolic OH excluding ortho intramolecular Hbond substituents is 1. The van der Waals surface area contributed by atoms with Crippen molar-refractivity contribution >= 4 is 38.8 Å². The van der Waals surface area contributed by atoms with Gasteiger partial charge in [-0.1, -0.05) is 42.5 Å². The monoisotopic (exact) mass is 492 g/mol. The van der Waals surface area contributed by atoms with Crippen molar-refractivity contribution in [2.45, 2.75) is 6.61 Å². The predicted octanol–water partition coefficient (Wildman–Crippen LogP) is 5.79. The van der Waals surface area contributed by atoms with E-state index in [2.05, 4.69) is 26.5 Å². The van der Waals surface area contributed by atoms with E-state index in [4.69, 9.17) is 4.74 Å². The van der Waals surface area contributed by atoms with E-state index in [1.165, 1.54) is 12.3 Å². The van der Waals surface area contributed by atoms with E-state index >= 15 is 0 Å². The van der Waals surface area contributed by atoms with Crippen LogP contribution in [0.15, 0.2) is 88.4 Å². The molecule has 0 aliphatic carbocycles. The van der Waals surface area contributed by atoms with Crippen LogP contribution in [0.2, 0.25) is 0 Å². The standard InChI is InChI=1S/C25H18BrFN2O3/c26-21-11-16(9-10-24(21)32-15-19-7-3-4-8-22(19)27)14-28-29-25(31)20-12-17-5-1-2-6-18(17)13-23(20)30/h1-14,30H,15H2,(H,29,31). The van der Waals surface area contributed by atoms with Gasteiger partial charge in [0.05, 0.1) is 16.3 Å². The largest absolute Gasteiger partial charge is 0.507 e. The smallest absolute Gasteiger partial charge is 0.275 e. The number of amides is 1. The van der Waals surface area contributed by atoms with Crippen molar-refractivity contribution in [3.05, 3.63) is 106 Å². The number of phenols is 1. The van der Waals surface area contributed by atoms with Gasteiger partial charge in [0.25, 0.3) is 5.91 Å². The molecule has 0 heterocycles. The molecule has 0 aromatic heterocycles.